The average Bonchev–Trinajstić information content (AvgIpc) is 3.06. The van der Waals surface area contributed by atoms with Gasteiger partial charge in [0.05, 0.1) is 16.6 Å². The molecule has 0 atom stereocenters. The topological polar surface area (TPSA) is 92.1 Å². The smallest absolute Gasteiger partial charge is 0.339 e. The summed E-state index contributed by atoms with van der Waals surface area (Å²) in [4.78, 5) is 30.7. The number of carbonyl (C=O) groups is 2. The van der Waals surface area contributed by atoms with E-state index in [1.54, 1.807) is 12.1 Å². The number of esters is 1. The Bertz CT molecular complexity index is 1190. The van der Waals surface area contributed by atoms with Crippen LogP contribution in [0.4, 0.5) is 5.00 Å². The van der Waals surface area contributed by atoms with Crippen molar-refractivity contribution in [1.82, 2.24) is 4.98 Å². The lowest BCUT2D eigenvalue weighted by molar-refractivity contribution is -0.119. The molecular formula is C24H23N3O3S. The maximum Gasteiger partial charge on any atom is 0.339 e. The third kappa shape index (κ3) is 4.59. The summed E-state index contributed by atoms with van der Waals surface area (Å²) < 4.78 is 5.28. The lowest BCUT2D eigenvalue weighted by atomic mass is 9.97. The molecule has 31 heavy (non-hydrogen) atoms. The Morgan fingerprint density at radius 3 is 2.77 bits per heavy atom. The standard InChI is InChI=1S/C24H23N3O3S/c1-15-12-18(16-8-6-7-10-20(16)26-15)24(29)30-14-22(28)27-23-19(13-25)17-9-4-2-3-5-11-21(17)31-23/h6-8,10,12H,2-5,9,11,14H2,1H3,(H,27,28). The van der Waals surface area contributed by atoms with Crippen molar-refractivity contribution >= 4 is 39.1 Å². The van der Waals surface area contributed by atoms with Crippen LogP contribution in [0.1, 0.15) is 57.7 Å². The van der Waals surface area contributed by atoms with Gasteiger partial charge in [-0.3, -0.25) is 9.78 Å². The van der Waals surface area contributed by atoms with Gasteiger partial charge in [0.15, 0.2) is 6.61 Å². The zero-order valence-corrected chi connectivity index (χ0v) is 18.2. The first-order valence-corrected chi connectivity index (χ1v) is 11.3. The lowest BCUT2D eigenvalue weighted by Gasteiger charge is -2.09. The van der Waals surface area contributed by atoms with Crippen LogP contribution in [-0.2, 0) is 22.4 Å². The number of rotatable bonds is 4. The van der Waals surface area contributed by atoms with Gasteiger partial charge in [0, 0.05) is 16.0 Å². The van der Waals surface area contributed by atoms with Crippen molar-refractivity contribution in [2.75, 3.05) is 11.9 Å². The number of nitrogens with zero attached hydrogens (tertiary/aromatic N) is 2. The van der Waals surface area contributed by atoms with Crippen molar-refractivity contribution in [3.05, 3.63) is 57.6 Å². The Labute approximate surface area is 184 Å². The van der Waals surface area contributed by atoms with Gasteiger partial charge < -0.3 is 10.1 Å². The van der Waals surface area contributed by atoms with Crippen LogP contribution in [0, 0.1) is 18.3 Å². The second-order valence-electron chi connectivity index (χ2n) is 7.69. The summed E-state index contributed by atoms with van der Waals surface area (Å²) in [5.74, 6) is -1.02. The van der Waals surface area contributed by atoms with Crippen LogP contribution in [0.2, 0.25) is 0 Å². The van der Waals surface area contributed by atoms with E-state index < -0.39 is 18.5 Å². The molecule has 1 aliphatic rings. The minimum absolute atomic E-state index is 0.382. The molecule has 7 heteroatoms. The number of carbonyl (C=O) groups excluding carboxylic acids is 2. The number of ether oxygens (including phenoxy) is 1. The van der Waals surface area contributed by atoms with Gasteiger partial charge in [-0.05, 0) is 50.3 Å². The van der Waals surface area contributed by atoms with Crippen LogP contribution in [0.15, 0.2) is 30.3 Å². The number of aromatic nitrogens is 1. The van der Waals surface area contributed by atoms with Crippen molar-refractivity contribution in [2.45, 2.75) is 45.4 Å². The summed E-state index contributed by atoms with van der Waals surface area (Å²) in [5.41, 5.74) is 3.40. The van der Waals surface area contributed by atoms with Gasteiger partial charge in [-0.2, -0.15) is 5.26 Å². The number of hydrogen-bond donors (Lipinski definition) is 1. The van der Waals surface area contributed by atoms with Crippen LogP contribution in [0.3, 0.4) is 0 Å². The SMILES string of the molecule is Cc1cc(C(=O)OCC(=O)Nc2sc3c(c2C#N)CCCCCC3)c2ccccc2n1. The number of aryl methyl sites for hydroxylation is 2. The molecule has 0 bridgehead atoms. The van der Waals surface area contributed by atoms with Crippen molar-refractivity contribution in [3.63, 3.8) is 0 Å². The first-order valence-electron chi connectivity index (χ1n) is 10.4. The number of fused-ring (bicyclic) bond motifs is 2. The molecule has 4 rings (SSSR count). The molecule has 0 fully saturated rings. The van der Waals surface area contributed by atoms with E-state index in [9.17, 15) is 14.9 Å². The maximum atomic E-state index is 12.6. The highest BCUT2D eigenvalue weighted by Gasteiger charge is 2.21. The largest absolute Gasteiger partial charge is 0.452 e. The number of pyridine rings is 1. The Kier molecular flexibility index (Phi) is 6.28. The highest BCUT2D eigenvalue weighted by atomic mass is 32.1. The van der Waals surface area contributed by atoms with Crippen LogP contribution in [-0.4, -0.2) is 23.5 Å². The van der Waals surface area contributed by atoms with Crippen molar-refractivity contribution < 1.29 is 14.3 Å². The molecule has 0 radical (unpaired) electrons. The van der Waals surface area contributed by atoms with Crippen LogP contribution >= 0.6 is 11.3 Å². The summed E-state index contributed by atoms with van der Waals surface area (Å²) in [7, 11) is 0. The second-order valence-corrected chi connectivity index (χ2v) is 8.79. The highest BCUT2D eigenvalue weighted by Crippen LogP contribution is 2.36. The minimum Gasteiger partial charge on any atom is -0.452 e. The fourth-order valence-electron chi connectivity index (χ4n) is 3.97. The number of benzene rings is 1. The van der Waals surface area contributed by atoms with E-state index in [-0.39, 0.29) is 0 Å². The van der Waals surface area contributed by atoms with Crippen LogP contribution < -0.4 is 5.32 Å². The van der Waals surface area contributed by atoms with E-state index in [1.165, 1.54) is 29.1 Å². The molecule has 0 unspecified atom stereocenters. The zero-order chi connectivity index (χ0) is 21.8. The molecule has 1 aliphatic carbocycles. The van der Waals surface area contributed by atoms with E-state index in [2.05, 4.69) is 16.4 Å². The van der Waals surface area contributed by atoms with Gasteiger partial charge >= 0.3 is 5.97 Å². The molecule has 158 valence electrons. The maximum absolute atomic E-state index is 12.6. The molecule has 1 N–H and O–H groups in total. The van der Waals surface area contributed by atoms with Gasteiger partial charge in [0.1, 0.15) is 11.1 Å². The Morgan fingerprint density at radius 2 is 1.97 bits per heavy atom. The summed E-state index contributed by atoms with van der Waals surface area (Å²) in [5, 5.41) is 13.7. The van der Waals surface area contributed by atoms with Crippen molar-refractivity contribution in [3.8, 4) is 6.07 Å². The van der Waals surface area contributed by atoms with Gasteiger partial charge in [-0.1, -0.05) is 31.0 Å². The third-order valence-corrected chi connectivity index (χ3v) is 6.64. The average molecular weight is 434 g/mol. The van der Waals surface area contributed by atoms with E-state index in [4.69, 9.17) is 4.74 Å². The molecule has 1 aromatic carbocycles. The van der Waals surface area contributed by atoms with Crippen LogP contribution in [0.5, 0.6) is 0 Å². The van der Waals surface area contributed by atoms with Gasteiger partial charge in [-0.25, -0.2) is 4.79 Å². The van der Waals surface area contributed by atoms with Crippen molar-refractivity contribution in [1.29, 1.82) is 5.26 Å². The van der Waals surface area contributed by atoms with Crippen LogP contribution in [0.25, 0.3) is 10.9 Å². The molecule has 2 aromatic heterocycles. The second kappa shape index (κ2) is 9.27. The zero-order valence-electron chi connectivity index (χ0n) is 17.4. The first-order chi connectivity index (χ1) is 15.1. The summed E-state index contributed by atoms with van der Waals surface area (Å²) >= 11 is 1.47. The molecule has 0 aliphatic heterocycles. The van der Waals surface area contributed by atoms with Gasteiger partial charge in [-0.15, -0.1) is 11.3 Å². The number of hydrogen-bond acceptors (Lipinski definition) is 6. The Morgan fingerprint density at radius 1 is 1.19 bits per heavy atom. The predicted octanol–water partition coefficient (Wildman–Crippen LogP) is 4.93. The Hall–Kier alpha value is -3.24. The lowest BCUT2D eigenvalue weighted by Crippen LogP contribution is -2.21. The summed E-state index contributed by atoms with van der Waals surface area (Å²) in [6.45, 7) is 1.39. The number of anilines is 1. The van der Waals surface area contributed by atoms with E-state index >= 15 is 0 Å². The van der Waals surface area contributed by atoms with Gasteiger partial charge in [0.25, 0.3) is 5.91 Å². The molecule has 6 nitrogen and oxygen atoms in total. The number of nitrogens with one attached hydrogen (secondary N) is 1. The third-order valence-electron chi connectivity index (χ3n) is 5.43. The predicted molar refractivity (Wildman–Crippen MR) is 120 cm³/mol. The fraction of sp³-hybridized carbons (Fsp3) is 0.333. The quantitative estimate of drug-likeness (QED) is 0.589. The van der Waals surface area contributed by atoms with E-state index in [1.807, 2.05) is 25.1 Å². The Balaban J connectivity index is 1.46. The van der Waals surface area contributed by atoms with E-state index in [0.717, 1.165) is 31.2 Å². The monoisotopic (exact) mass is 433 g/mol. The van der Waals surface area contributed by atoms with Gasteiger partial charge in [0.2, 0.25) is 0 Å². The molecule has 1 amide bonds. The molecule has 0 spiro atoms. The first kappa shape index (κ1) is 21.0. The van der Waals surface area contributed by atoms with E-state index in [0.29, 0.717) is 32.7 Å². The molecule has 0 saturated heterocycles. The highest BCUT2D eigenvalue weighted by molar-refractivity contribution is 7.16. The molecule has 0 saturated carbocycles. The molecule has 2 heterocycles. The number of amides is 1. The minimum atomic E-state index is -0.573. The fourth-order valence-corrected chi connectivity index (χ4v) is 5.23. The molecule has 3 aromatic rings. The summed E-state index contributed by atoms with van der Waals surface area (Å²) in [6, 6.07) is 11.2. The summed E-state index contributed by atoms with van der Waals surface area (Å²) in [6.07, 6.45) is 6.33. The number of thiophene rings is 1. The van der Waals surface area contributed by atoms with Crippen molar-refractivity contribution in [2.24, 2.45) is 0 Å². The number of nitriles is 1. The molecular weight excluding hydrogens is 410 g/mol. The normalized spacial score (nSPS) is 13.5. The number of para-hydroxylation sites is 1.